The molecule has 0 radical (unpaired) electrons. The number of pyridine rings is 1. The number of carbonyl (C=O) groups excluding carboxylic acids is 1. The third kappa shape index (κ3) is 6.51. The van der Waals surface area contributed by atoms with Gasteiger partial charge in [-0.1, -0.05) is 19.9 Å². The highest BCUT2D eigenvalue weighted by molar-refractivity contribution is 5.81. The number of aliphatic hydroxyl groups excluding tert-OH is 1. The number of nitrogens with zero attached hydrogens (tertiary/aromatic N) is 3. The number of nitrogens with one attached hydrogen (secondary N) is 1. The van der Waals surface area contributed by atoms with Gasteiger partial charge in [0.15, 0.2) is 0 Å². The van der Waals surface area contributed by atoms with E-state index >= 15 is 0 Å². The molecular formula is C29H40N4O5. The van der Waals surface area contributed by atoms with Crippen LogP contribution in [0.2, 0.25) is 0 Å². The van der Waals surface area contributed by atoms with E-state index in [4.69, 9.17) is 14.5 Å². The van der Waals surface area contributed by atoms with Crippen LogP contribution in [-0.2, 0) is 34.4 Å². The van der Waals surface area contributed by atoms with Crippen molar-refractivity contribution in [1.29, 1.82) is 0 Å². The Morgan fingerprint density at radius 3 is 2.71 bits per heavy atom. The number of fused-ring (bicyclic) bond motifs is 1. The molecule has 0 saturated carbocycles. The summed E-state index contributed by atoms with van der Waals surface area (Å²) in [6.07, 6.45) is 4.22. The number of hydrogen-bond acceptors (Lipinski definition) is 7. The van der Waals surface area contributed by atoms with Gasteiger partial charge >= 0.3 is 5.97 Å². The first-order chi connectivity index (χ1) is 18.1. The molecule has 3 heterocycles. The van der Waals surface area contributed by atoms with Gasteiger partial charge in [-0.05, 0) is 62.8 Å². The maximum atomic E-state index is 12.5. The van der Waals surface area contributed by atoms with Crippen LogP contribution in [0.1, 0.15) is 51.2 Å². The number of carbonyl (C=O) groups is 1. The Morgan fingerprint density at radius 1 is 1.26 bits per heavy atom. The van der Waals surface area contributed by atoms with Crippen LogP contribution < -0.4 is 10.9 Å². The summed E-state index contributed by atoms with van der Waals surface area (Å²) in [7, 11) is 1.75. The fourth-order valence-electron chi connectivity index (χ4n) is 4.86. The number of hydrogen-bond donors (Lipinski definition) is 2. The summed E-state index contributed by atoms with van der Waals surface area (Å²) < 4.78 is 15.2. The van der Waals surface area contributed by atoms with Gasteiger partial charge in [-0.15, -0.1) is 0 Å². The highest BCUT2D eigenvalue weighted by Gasteiger charge is 2.25. The van der Waals surface area contributed by atoms with E-state index in [1.54, 1.807) is 18.5 Å². The van der Waals surface area contributed by atoms with Crippen molar-refractivity contribution in [2.45, 2.75) is 78.3 Å². The van der Waals surface area contributed by atoms with E-state index in [2.05, 4.69) is 16.0 Å². The van der Waals surface area contributed by atoms with Crippen LogP contribution in [0.4, 0.5) is 0 Å². The summed E-state index contributed by atoms with van der Waals surface area (Å²) in [5.74, 6) is 0.549. The van der Waals surface area contributed by atoms with Gasteiger partial charge in [-0.3, -0.25) is 14.9 Å². The molecule has 9 nitrogen and oxygen atoms in total. The van der Waals surface area contributed by atoms with Crippen molar-refractivity contribution in [2.24, 2.45) is 13.0 Å². The average molecular weight is 525 g/mol. The second-order valence-corrected chi connectivity index (χ2v) is 10.8. The number of aliphatic hydroxyl groups is 1. The molecule has 1 aliphatic heterocycles. The lowest BCUT2D eigenvalue weighted by Crippen LogP contribution is -2.45. The Bertz CT molecular complexity index is 1290. The number of esters is 1. The largest absolute Gasteiger partial charge is 0.464 e. The minimum Gasteiger partial charge on any atom is -0.464 e. The molecular weight excluding hydrogens is 484 g/mol. The van der Waals surface area contributed by atoms with Gasteiger partial charge in [-0.25, -0.2) is 4.98 Å². The fraction of sp³-hybridized carbons (Fsp3) is 0.552. The third-order valence-electron chi connectivity index (χ3n) is 6.91. The number of imidazole rings is 1. The third-order valence-corrected chi connectivity index (χ3v) is 6.91. The Balaban J connectivity index is 1.66. The van der Waals surface area contributed by atoms with Crippen LogP contribution >= 0.6 is 0 Å². The maximum absolute atomic E-state index is 12.5. The van der Waals surface area contributed by atoms with Crippen molar-refractivity contribution in [1.82, 2.24) is 19.4 Å². The Morgan fingerprint density at radius 2 is 2.05 bits per heavy atom. The van der Waals surface area contributed by atoms with Crippen LogP contribution in [0.3, 0.4) is 0 Å². The average Bonchev–Trinajstić information content (AvgIpc) is 3.23. The normalized spacial score (nSPS) is 17.6. The highest BCUT2D eigenvalue weighted by atomic mass is 16.5. The van der Waals surface area contributed by atoms with E-state index < -0.39 is 18.1 Å². The monoisotopic (exact) mass is 524 g/mol. The first-order valence-corrected chi connectivity index (χ1v) is 13.5. The molecule has 2 aromatic heterocycles. The van der Waals surface area contributed by atoms with E-state index in [1.807, 2.05) is 45.2 Å². The van der Waals surface area contributed by atoms with Crippen molar-refractivity contribution in [3.63, 3.8) is 0 Å². The standard InChI is InChI=1S/C29H40N4O5/c1-18(2)17-38-29(36)26(20(4)34)30-14-21-9-10-24-25(13-21)33(16-23-8-6-7-11-37-23)27(31-24)22-12-19(3)28(35)32(5)15-22/h9-10,12-13,15,18,20,23,26,30,34H,6-8,11,14,16-17H2,1-5H3/t20?,23-,26?/m1/s1. The van der Waals surface area contributed by atoms with Gasteiger partial charge in [0.1, 0.15) is 11.9 Å². The molecule has 1 fully saturated rings. The van der Waals surface area contributed by atoms with Gasteiger partial charge in [0, 0.05) is 37.5 Å². The number of aromatic nitrogens is 3. The minimum atomic E-state index is -0.896. The van der Waals surface area contributed by atoms with Crippen molar-refractivity contribution < 1.29 is 19.4 Å². The summed E-state index contributed by atoms with van der Waals surface area (Å²) >= 11 is 0. The van der Waals surface area contributed by atoms with E-state index in [0.29, 0.717) is 25.3 Å². The molecule has 206 valence electrons. The molecule has 3 atom stereocenters. The van der Waals surface area contributed by atoms with Crippen molar-refractivity contribution in [3.8, 4) is 11.4 Å². The molecule has 2 unspecified atom stereocenters. The second-order valence-electron chi connectivity index (χ2n) is 10.8. The molecule has 3 aromatic rings. The quantitative estimate of drug-likeness (QED) is 0.392. The van der Waals surface area contributed by atoms with E-state index in [0.717, 1.165) is 53.9 Å². The van der Waals surface area contributed by atoms with Crippen molar-refractivity contribution >= 4 is 17.0 Å². The topological polar surface area (TPSA) is 108 Å². The molecule has 1 aliphatic rings. The lowest BCUT2D eigenvalue weighted by Gasteiger charge is -2.24. The lowest BCUT2D eigenvalue weighted by molar-refractivity contribution is -0.150. The van der Waals surface area contributed by atoms with E-state index in [1.165, 1.54) is 0 Å². The molecule has 38 heavy (non-hydrogen) atoms. The van der Waals surface area contributed by atoms with Crippen molar-refractivity contribution in [3.05, 3.63) is 51.9 Å². The molecule has 9 heteroatoms. The Kier molecular flexibility index (Phi) is 9.02. The van der Waals surface area contributed by atoms with Crippen LogP contribution in [0.25, 0.3) is 22.4 Å². The molecule has 1 saturated heterocycles. The zero-order valence-corrected chi connectivity index (χ0v) is 23.1. The van der Waals surface area contributed by atoms with E-state index in [9.17, 15) is 14.7 Å². The molecule has 2 N–H and O–H groups in total. The summed E-state index contributed by atoms with van der Waals surface area (Å²) in [6.45, 7) is 9.44. The number of benzene rings is 1. The molecule has 0 aliphatic carbocycles. The zero-order chi connectivity index (χ0) is 27.4. The van der Waals surface area contributed by atoms with Crippen LogP contribution in [0.5, 0.6) is 0 Å². The Labute approximate surface area is 223 Å². The van der Waals surface area contributed by atoms with Gasteiger partial charge < -0.3 is 23.7 Å². The summed E-state index contributed by atoms with van der Waals surface area (Å²) in [5.41, 5.74) is 4.26. The van der Waals surface area contributed by atoms with Gasteiger partial charge in [0.05, 0.1) is 36.4 Å². The summed E-state index contributed by atoms with van der Waals surface area (Å²) in [5, 5.41) is 13.4. The summed E-state index contributed by atoms with van der Waals surface area (Å²) in [6, 6.07) is 7.07. The van der Waals surface area contributed by atoms with E-state index in [-0.39, 0.29) is 17.6 Å². The fourth-order valence-corrected chi connectivity index (χ4v) is 4.86. The molecule has 0 bridgehead atoms. The predicted molar refractivity (Wildman–Crippen MR) is 147 cm³/mol. The number of aryl methyl sites for hydroxylation is 2. The number of rotatable bonds is 10. The Hall–Kier alpha value is -3.01. The smallest absolute Gasteiger partial charge is 0.325 e. The number of ether oxygens (including phenoxy) is 2. The van der Waals surface area contributed by atoms with Crippen LogP contribution in [0, 0.1) is 12.8 Å². The minimum absolute atomic E-state index is 0.0278. The van der Waals surface area contributed by atoms with Gasteiger partial charge in [0.25, 0.3) is 5.56 Å². The highest BCUT2D eigenvalue weighted by Crippen LogP contribution is 2.28. The first-order valence-electron chi connectivity index (χ1n) is 13.5. The zero-order valence-electron chi connectivity index (χ0n) is 23.1. The van der Waals surface area contributed by atoms with Gasteiger partial charge in [0.2, 0.25) is 0 Å². The first kappa shape index (κ1) is 28.0. The SMILES string of the molecule is Cc1cc(-c2nc3ccc(CNC(C(=O)OCC(C)C)C(C)O)cc3n2C[C@H]2CCCCO2)cn(C)c1=O. The van der Waals surface area contributed by atoms with Gasteiger partial charge in [-0.2, -0.15) is 0 Å². The summed E-state index contributed by atoms with van der Waals surface area (Å²) in [4.78, 5) is 29.8. The molecule has 1 aromatic carbocycles. The molecule has 4 rings (SSSR count). The maximum Gasteiger partial charge on any atom is 0.325 e. The van der Waals surface area contributed by atoms with Crippen molar-refractivity contribution in [2.75, 3.05) is 13.2 Å². The lowest BCUT2D eigenvalue weighted by atomic mass is 10.1. The van der Waals surface area contributed by atoms with Crippen LogP contribution in [0.15, 0.2) is 35.3 Å². The molecule has 0 spiro atoms. The predicted octanol–water partition coefficient (Wildman–Crippen LogP) is 3.32. The molecule has 0 amide bonds. The van der Waals surface area contributed by atoms with Crippen LogP contribution in [-0.4, -0.2) is 56.7 Å². The second kappa shape index (κ2) is 12.2.